The maximum atomic E-state index is 12.6. The van der Waals surface area contributed by atoms with E-state index in [9.17, 15) is 9.59 Å². The summed E-state index contributed by atoms with van der Waals surface area (Å²) in [7, 11) is 0. The highest BCUT2D eigenvalue weighted by Gasteiger charge is 2.30. The Hall–Kier alpha value is -3.09. The fourth-order valence-electron chi connectivity index (χ4n) is 3.81. The molecular weight excluding hydrogens is 370 g/mol. The highest BCUT2D eigenvalue weighted by atomic mass is 16.6. The fraction of sp³-hybridized carbons (Fsp3) is 0.409. The predicted octanol–water partition coefficient (Wildman–Crippen LogP) is 2.91. The van der Waals surface area contributed by atoms with Crippen LogP contribution in [-0.4, -0.2) is 30.0 Å². The van der Waals surface area contributed by atoms with Gasteiger partial charge in [-0.25, -0.2) is 0 Å². The number of aromatic nitrogens is 1. The predicted molar refractivity (Wildman–Crippen MR) is 108 cm³/mol. The smallest absolute Gasteiger partial charge is 0.227 e. The monoisotopic (exact) mass is 395 g/mol. The Kier molecular flexibility index (Phi) is 5.93. The molecule has 1 aromatic carbocycles. The second-order valence-electron chi connectivity index (χ2n) is 7.44. The molecule has 0 spiro atoms. The number of carbonyl (C=O) groups is 2. The molecule has 1 saturated carbocycles. The summed E-state index contributed by atoms with van der Waals surface area (Å²) in [6.45, 7) is 1.48. The van der Waals surface area contributed by atoms with Crippen LogP contribution in [-0.2, 0) is 16.1 Å². The number of hydrogen-bond acceptors (Lipinski definition) is 5. The van der Waals surface area contributed by atoms with Crippen molar-refractivity contribution in [1.82, 2.24) is 10.3 Å². The molecular formula is C22H25N3O4. The van der Waals surface area contributed by atoms with E-state index in [0.29, 0.717) is 62.6 Å². The average Bonchev–Trinajstić information content (AvgIpc) is 2.78. The zero-order valence-electron chi connectivity index (χ0n) is 16.2. The molecule has 7 heteroatoms. The number of amides is 2. The SMILES string of the molecule is O=C(NCc1ccccn1)C1CCC(C(=O)Nc2ccc3c(c2)OCCO3)CC1. The molecule has 0 unspecified atom stereocenters. The molecule has 1 aliphatic carbocycles. The first-order valence-electron chi connectivity index (χ1n) is 10.1. The van der Waals surface area contributed by atoms with E-state index in [0.717, 1.165) is 5.69 Å². The molecule has 7 nitrogen and oxygen atoms in total. The molecule has 0 saturated heterocycles. The van der Waals surface area contributed by atoms with E-state index in [-0.39, 0.29) is 23.7 Å². The second kappa shape index (κ2) is 8.94. The molecule has 2 heterocycles. The van der Waals surface area contributed by atoms with Gasteiger partial charge in [0.2, 0.25) is 11.8 Å². The fourth-order valence-corrected chi connectivity index (χ4v) is 3.81. The van der Waals surface area contributed by atoms with Crippen LogP contribution in [0.2, 0.25) is 0 Å². The van der Waals surface area contributed by atoms with Crippen LogP contribution >= 0.6 is 0 Å². The van der Waals surface area contributed by atoms with Crippen LogP contribution in [0.5, 0.6) is 11.5 Å². The highest BCUT2D eigenvalue weighted by molar-refractivity contribution is 5.93. The van der Waals surface area contributed by atoms with E-state index in [4.69, 9.17) is 9.47 Å². The zero-order valence-corrected chi connectivity index (χ0v) is 16.2. The molecule has 152 valence electrons. The summed E-state index contributed by atoms with van der Waals surface area (Å²) in [5, 5.41) is 5.92. The minimum absolute atomic E-state index is 0.00554. The first-order valence-corrected chi connectivity index (χ1v) is 10.1. The van der Waals surface area contributed by atoms with Crippen molar-refractivity contribution in [2.45, 2.75) is 32.2 Å². The number of nitrogens with one attached hydrogen (secondary N) is 2. The van der Waals surface area contributed by atoms with Crippen molar-refractivity contribution in [3.63, 3.8) is 0 Å². The third kappa shape index (κ3) is 4.85. The van der Waals surface area contributed by atoms with Crippen molar-refractivity contribution < 1.29 is 19.1 Å². The van der Waals surface area contributed by atoms with Crippen molar-refractivity contribution >= 4 is 17.5 Å². The summed E-state index contributed by atoms with van der Waals surface area (Å²) in [4.78, 5) is 29.3. The van der Waals surface area contributed by atoms with Crippen molar-refractivity contribution in [1.29, 1.82) is 0 Å². The number of ether oxygens (including phenoxy) is 2. The number of anilines is 1. The number of fused-ring (bicyclic) bond motifs is 1. The third-order valence-corrected chi connectivity index (χ3v) is 5.45. The minimum atomic E-state index is -0.0805. The molecule has 0 atom stereocenters. The van der Waals surface area contributed by atoms with E-state index < -0.39 is 0 Å². The van der Waals surface area contributed by atoms with E-state index >= 15 is 0 Å². The Morgan fingerprint density at radius 1 is 0.931 bits per heavy atom. The summed E-state index contributed by atoms with van der Waals surface area (Å²) in [5.74, 6) is 1.27. The average molecular weight is 395 g/mol. The van der Waals surface area contributed by atoms with Gasteiger partial charge in [0.25, 0.3) is 0 Å². The minimum Gasteiger partial charge on any atom is -0.486 e. The standard InChI is InChI=1S/C22H25N3O4/c26-21(24-14-18-3-1-2-10-23-18)15-4-6-16(7-5-15)22(27)25-17-8-9-19-20(13-17)29-12-11-28-19/h1-3,8-10,13,15-16H,4-7,11-12,14H2,(H,24,26)(H,25,27). The molecule has 0 radical (unpaired) electrons. The van der Waals surface area contributed by atoms with Gasteiger partial charge in [0.05, 0.1) is 12.2 Å². The maximum Gasteiger partial charge on any atom is 0.227 e. The van der Waals surface area contributed by atoms with Gasteiger partial charge in [-0.15, -0.1) is 0 Å². The van der Waals surface area contributed by atoms with Crippen LogP contribution in [0.4, 0.5) is 5.69 Å². The van der Waals surface area contributed by atoms with Crippen molar-refractivity contribution in [2.24, 2.45) is 11.8 Å². The molecule has 29 heavy (non-hydrogen) atoms. The van der Waals surface area contributed by atoms with Crippen molar-refractivity contribution in [3.05, 3.63) is 48.3 Å². The van der Waals surface area contributed by atoms with Crippen LogP contribution in [0.3, 0.4) is 0 Å². The lowest BCUT2D eigenvalue weighted by Crippen LogP contribution is -2.35. The normalized spacial score (nSPS) is 20.6. The number of carbonyl (C=O) groups excluding carboxylic acids is 2. The Morgan fingerprint density at radius 2 is 1.66 bits per heavy atom. The molecule has 2 amide bonds. The number of pyridine rings is 1. The number of benzene rings is 1. The van der Waals surface area contributed by atoms with Crippen LogP contribution in [0.15, 0.2) is 42.6 Å². The van der Waals surface area contributed by atoms with Gasteiger partial charge in [0.15, 0.2) is 11.5 Å². The Bertz CT molecular complexity index is 864. The topological polar surface area (TPSA) is 89.6 Å². The van der Waals surface area contributed by atoms with Crippen LogP contribution in [0.1, 0.15) is 31.4 Å². The quantitative estimate of drug-likeness (QED) is 0.813. The lowest BCUT2D eigenvalue weighted by Gasteiger charge is -2.27. The van der Waals surface area contributed by atoms with Crippen LogP contribution < -0.4 is 20.1 Å². The highest BCUT2D eigenvalue weighted by Crippen LogP contribution is 2.34. The molecule has 1 aromatic heterocycles. The third-order valence-electron chi connectivity index (χ3n) is 5.45. The van der Waals surface area contributed by atoms with Gasteiger partial charge in [-0.05, 0) is 49.9 Å². The number of hydrogen-bond donors (Lipinski definition) is 2. The van der Waals surface area contributed by atoms with Gasteiger partial charge in [0.1, 0.15) is 13.2 Å². The summed E-state index contributed by atoms with van der Waals surface area (Å²) >= 11 is 0. The molecule has 2 aliphatic rings. The summed E-state index contributed by atoms with van der Waals surface area (Å²) in [5.41, 5.74) is 1.54. The van der Waals surface area contributed by atoms with Crippen LogP contribution in [0.25, 0.3) is 0 Å². The van der Waals surface area contributed by atoms with E-state index in [1.807, 2.05) is 30.3 Å². The molecule has 2 aromatic rings. The molecule has 0 bridgehead atoms. The largest absolute Gasteiger partial charge is 0.486 e. The Morgan fingerprint density at radius 3 is 2.38 bits per heavy atom. The van der Waals surface area contributed by atoms with Crippen molar-refractivity contribution in [3.8, 4) is 11.5 Å². The second-order valence-corrected chi connectivity index (χ2v) is 7.44. The first kappa shape index (κ1) is 19.2. The number of rotatable bonds is 5. The lowest BCUT2D eigenvalue weighted by molar-refractivity contribution is -0.128. The van der Waals surface area contributed by atoms with Gasteiger partial charge < -0.3 is 20.1 Å². The number of nitrogens with zero attached hydrogens (tertiary/aromatic N) is 1. The van der Waals surface area contributed by atoms with Gasteiger partial charge in [-0.3, -0.25) is 14.6 Å². The van der Waals surface area contributed by atoms with Gasteiger partial charge in [0, 0.05) is 29.8 Å². The summed E-state index contributed by atoms with van der Waals surface area (Å²) < 4.78 is 11.1. The molecule has 1 fully saturated rings. The maximum absolute atomic E-state index is 12.6. The first-order chi connectivity index (χ1) is 14.2. The Balaban J connectivity index is 1.24. The zero-order chi connectivity index (χ0) is 20.1. The lowest BCUT2D eigenvalue weighted by atomic mass is 9.81. The van der Waals surface area contributed by atoms with Gasteiger partial charge in [-0.2, -0.15) is 0 Å². The van der Waals surface area contributed by atoms with E-state index in [2.05, 4.69) is 15.6 Å². The summed E-state index contributed by atoms with van der Waals surface area (Å²) in [6.07, 6.45) is 4.56. The van der Waals surface area contributed by atoms with E-state index in [1.54, 1.807) is 12.3 Å². The van der Waals surface area contributed by atoms with Gasteiger partial charge in [-0.1, -0.05) is 6.07 Å². The van der Waals surface area contributed by atoms with E-state index in [1.165, 1.54) is 0 Å². The summed E-state index contributed by atoms with van der Waals surface area (Å²) in [6, 6.07) is 11.1. The molecule has 4 rings (SSSR count). The molecule has 2 N–H and O–H groups in total. The van der Waals surface area contributed by atoms with Crippen LogP contribution in [0, 0.1) is 11.8 Å². The van der Waals surface area contributed by atoms with Gasteiger partial charge >= 0.3 is 0 Å². The molecule has 1 aliphatic heterocycles. The Labute approximate surface area is 169 Å². The van der Waals surface area contributed by atoms with Crippen molar-refractivity contribution in [2.75, 3.05) is 18.5 Å².